The second-order valence-corrected chi connectivity index (χ2v) is 5.53. The highest BCUT2D eigenvalue weighted by Crippen LogP contribution is 2.19. The number of carbonyl (C=O) groups excluding carboxylic acids is 1. The smallest absolute Gasteiger partial charge is 0.261 e. The summed E-state index contributed by atoms with van der Waals surface area (Å²) in [6, 6.07) is 16.9. The molecule has 0 bridgehead atoms. The Hall–Kier alpha value is -2.00. The Balaban J connectivity index is 1.98. The van der Waals surface area contributed by atoms with Gasteiger partial charge in [0.1, 0.15) is 5.75 Å². The quantitative estimate of drug-likeness (QED) is 0.859. The summed E-state index contributed by atoms with van der Waals surface area (Å²) < 4.78 is 5.64. The lowest BCUT2D eigenvalue weighted by Crippen LogP contribution is -2.38. The summed E-state index contributed by atoms with van der Waals surface area (Å²) in [6.45, 7) is 3.77. The van der Waals surface area contributed by atoms with Crippen LogP contribution in [0.4, 0.5) is 0 Å². The number of rotatable bonds is 6. The molecule has 1 N–H and O–H groups in total. The van der Waals surface area contributed by atoms with E-state index in [2.05, 4.69) is 5.32 Å². The first-order chi connectivity index (χ1) is 10.6. The van der Waals surface area contributed by atoms with Crippen LogP contribution in [0, 0.1) is 0 Å². The third-order valence-electron chi connectivity index (χ3n) is 3.40. The number of hydrogen-bond donors (Lipinski definition) is 1. The van der Waals surface area contributed by atoms with Crippen LogP contribution in [0.5, 0.6) is 5.75 Å². The van der Waals surface area contributed by atoms with Crippen molar-refractivity contribution in [3.8, 4) is 5.75 Å². The summed E-state index contributed by atoms with van der Waals surface area (Å²) in [5.74, 6) is 0.443. The second kappa shape index (κ2) is 7.85. The van der Waals surface area contributed by atoms with Gasteiger partial charge in [-0.05, 0) is 37.1 Å². The molecular weight excluding hydrogens is 298 g/mol. The lowest BCUT2D eigenvalue weighted by molar-refractivity contribution is -0.128. The number of halogens is 1. The van der Waals surface area contributed by atoms with Crippen molar-refractivity contribution in [2.45, 2.75) is 32.4 Å². The highest BCUT2D eigenvalue weighted by Gasteiger charge is 2.19. The largest absolute Gasteiger partial charge is 0.481 e. The van der Waals surface area contributed by atoms with Crippen LogP contribution in [0.3, 0.4) is 0 Å². The van der Waals surface area contributed by atoms with Crippen LogP contribution < -0.4 is 10.1 Å². The van der Waals surface area contributed by atoms with Crippen molar-refractivity contribution in [2.75, 3.05) is 0 Å². The van der Waals surface area contributed by atoms with Crippen molar-refractivity contribution >= 4 is 17.5 Å². The van der Waals surface area contributed by atoms with E-state index in [4.69, 9.17) is 16.3 Å². The molecule has 0 fully saturated rings. The number of nitrogens with one attached hydrogen (secondary N) is 1. The maximum absolute atomic E-state index is 12.3. The van der Waals surface area contributed by atoms with E-state index in [9.17, 15) is 4.79 Å². The minimum absolute atomic E-state index is 0.0147. The number of benzene rings is 2. The normalized spacial score (nSPS) is 13.2. The topological polar surface area (TPSA) is 38.3 Å². The van der Waals surface area contributed by atoms with Gasteiger partial charge < -0.3 is 10.1 Å². The van der Waals surface area contributed by atoms with Crippen LogP contribution >= 0.6 is 11.6 Å². The summed E-state index contributed by atoms with van der Waals surface area (Å²) >= 11 is 5.91. The fourth-order valence-corrected chi connectivity index (χ4v) is 2.37. The Morgan fingerprint density at radius 1 is 1.18 bits per heavy atom. The standard InChI is InChI=1S/C18H20ClNO2/c1-3-17(14-8-5-4-6-9-14)20-18(21)13(2)22-16-11-7-10-15(19)12-16/h4-13,17H,3H2,1-2H3,(H,20,21)/t13-,17-/m0/s1. The molecule has 0 radical (unpaired) electrons. The molecule has 116 valence electrons. The van der Waals surface area contributed by atoms with Gasteiger partial charge in [-0.1, -0.05) is 54.9 Å². The third kappa shape index (κ3) is 4.50. The van der Waals surface area contributed by atoms with E-state index in [0.717, 1.165) is 12.0 Å². The monoisotopic (exact) mass is 317 g/mol. The van der Waals surface area contributed by atoms with E-state index in [-0.39, 0.29) is 11.9 Å². The average molecular weight is 318 g/mol. The van der Waals surface area contributed by atoms with Gasteiger partial charge in [-0.2, -0.15) is 0 Å². The first-order valence-electron chi connectivity index (χ1n) is 7.37. The highest BCUT2D eigenvalue weighted by molar-refractivity contribution is 6.30. The molecule has 2 rings (SSSR count). The van der Waals surface area contributed by atoms with Gasteiger partial charge in [0, 0.05) is 5.02 Å². The van der Waals surface area contributed by atoms with E-state index in [1.54, 1.807) is 31.2 Å². The van der Waals surface area contributed by atoms with Gasteiger partial charge in [0.2, 0.25) is 0 Å². The summed E-state index contributed by atoms with van der Waals surface area (Å²) in [5, 5.41) is 3.60. The molecule has 0 aliphatic rings. The molecule has 1 amide bonds. The van der Waals surface area contributed by atoms with E-state index < -0.39 is 6.10 Å². The Morgan fingerprint density at radius 3 is 2.55 bits per heavy atom. The highest BCUT2D eigenvalue weighted by atomic mass is 35.5. The minimum atomic E-state index is -0.587. The first-order valence-corrected chi connectivity index (χ1v) is 7.75. The molecule has 3 nitrogen and oxygen atoms in total. The van der Waals surface area contributed by atoms with Crippen molar-refractivity contribution in [3.63, 3.8) is 0 Å². The second-order valence-electron chi connectivity index (χ2n) is 5.10. The summed E-state index contributed by atoms with van der Waals surface area (Å²) in [6.07, 6.45) is 0.232. The van der Waals surface area contributed by atoms with Crippen molar-refractivity contribution < 1.29 is 9.53 Å². The maximum atomic E-state index is 12.3. The SMILES string of the molecule is CC[C@H](NC(=O)[C@H](C)Oc1cccc(Cl)c1)c1ccccc1. The molecule has 0 spiro atoms. The molecule has 22 heavy (non-hydrogen) atoms. The zero-order chi connectivity index (χ0) is 15.9. The maximum Gasteiger partial charge on any atom is 0.261 e. The molecular formula is C18H20ClNO2. The Labute approximate surface area is 136 Å². The number of hydrogen-bond acceptors (Lipinski definition) is 2. The molecule has 0 heterocycles. The van der Waals surface area contributed by atoms with Crippen molar-refractivity contribution in [2.24, 2.45) is 0 Å². The predicted octanol–water partition coefficient (Wildman–Crippen LogP) is 4.37. The van der Waals surface area contributed by atoms with Gasteiger partial charge in [0.15, 0.2) is 6.10 Å². The van der Waals surface area contributed by atoms with E-state index in [1.807, 2.05) is 37.3 Å². The van der Waals surface area contributed by atoms with Gasteiger partial charge in [0.05, 0.1) is 6.04 Å². The van der Waals surface area contributed by atoms with E-state index in [1.165, 1.54) is 0 Å². The molecule has 0 unspecified atom stereocenters. The molecule has 2 atom stereocenters. The first kappa shape index (κ1) is 16.4. The van der Waals surface area contributed by atoms with Crippen LogP contribution in [-0.4, -0.2) is 12.0 Å². The predicted molar refractivity (Wildman–Crippen MR) is 89.2 cm³/mol. The molecule has 0 aliphatic carbocycles. The molecule has 2 aromatic rings. The van der Waals surface area contributed by atoms with Crippen LogP contribution in [-0.2, 0) is 4.79 Å². The Morgan fingerprint density at radius 2 is 1.91 bits per heavy atom. The molecule has 0 saturated carbocycles. The average Bonchev–Trinajstić information content (AvgIpc) is 2.53. The Kier molecular flexibility index (Phi) is 5.84. The molecule has 0 aromatic heterocycles. The summed E-state index contributed by atoms with van der Waals surface area (Å²) in [5.41, 5.74) is 1.09. The van der Waals surface area contributed by atoms with E-state index in [0.29, 0.717) is 10.8 Å². The zero-order valence-corrected chi connectivity index (χ0v) is 13.5. The van der Waals surface area contributed by atoms with Gasteiger partial charge in [-0.25, -0.2) is 0 Å². The van der Waals surface area contributed by atoms with Crippen LogP contribution in [0.15, 0.2) is 54.6 Å². The number of carbonyl (C=O) groups is 1. The van der Waals surface area contributed by atoms with Gasteiger partial charge in [-0.3, -0.25) is 4.79 Å². The number of amides is 1. The Bertz CT molecular complexity index is 615. The van der Waals surface area contributed by atoms with Gasteiger partial charge in [0.25, 0.3) is 5.91 Å². The third-order valence-corrected chi connectivity index (χ3v) is 3.64. The van der Waals surface area contributed by atoms with Gasteiger partial charge >= 0.3 is 0 Å². The fourth-order valence-electron chi connectivity index (χ4n) is 2.19. The molecule has 0 aliphatic heterocycles. The fraction of sp³-hybridized carbons (Fsp3) is 0.278. The van der Waals surface area contributed by atoms with Crippen LogP contribution in [0.1, 0.15) is 31.9 Å². The van der Waals surface area contributed by atoms with E-state index >= 15 is 0 Å². The lowest BCUT2D eigenvalue weighted by Gasteiger charge is -2.21. The molecule has 0 saturated heterocycles. The summed E-state index contributed by atoms with van der Waals surface area (Å²) in [7, 11) is 0. The summed E-state index contributed by atoms with van der Waals surface area (Å²) in [4.78, 5) is 12.3. The van der Waals surface area contributed by atoms with Crippen LogP contribution in [0.2, 0.25) is 5.02 Å². The van der Waals surface area contributed by atoms with Crippen molar-refractivity contribution in [1.29, 1.82) is 0 Å². The van der Waals surface area contributed by atoms with Gasteiger partial charge in [-0.15, -0.1) is 0 Å². The zero-order valence-electron chi connectivity index (χ0n) is 12.8. The number of ether oxygens (including phenoxy) is 1. The lowest BCUT2D eigenvalue weighted by atomic mass is 10.0. The van der Waals surface area contributed by atoms with Crippen LogP contribution in [0.25, 0.3) is 0 Å². The molecule has 4 heteroatoms. The minimum Gasteiger partial charge on any atom is -0.481 e. The van der Waals surface area contributed by atoms with Crippen molar-refractivity contribution in [3.05, 3.63) is 65.2 Å². The molecule has 2 aromatic carbocycles. The van der Waals surface area contributed by atoms with Crippen molar-refractivity contribution in [1.82, 2.24) is 5.32 Å².